The van der Waals surface area contributed by atoms with E-state index in [1.165, 1.54) is 4.90 Å². The van der Waals surface area contributed by atoms with Crippen molar-refractivity contribution in [3.8, 4) is 5.69 Å². The van der Waals surface area contributed by atoms with Crippen LogP contribution >= 0.6 is 27.7 Å². The van der Waals surface area contributed by atoms with Crippen LogP contribution in [0.25, 0.3) is 11.8 Å². The van der Waals surface area contributed by atoms with E-state index < -0.39 is 0 Å². The van der Waals surface area contributed by atoms with Gasteiger partial charge < -0.3 is 4.57 Å². The number of amides is 2. The molecule has 1 aliphatic rings. The smallest absolute Gasteiger partial charge is 0.293 e. The molecule has 0 spiro atoms. The van der Waals surface area contributed by atoms with E-state index in [9.17, 15) is 9.59 Å². The normalized spacial score (nSPS) is 16.6. The summed E-state index contributed by atoms with van der Waals surface area (Å²) in [6.45, 7) is 7.75. The number of aromatic nitrogens is 1. The predicted octanol–water partition coefficient (Wildman–Crippen LogP) is 5.30. The fourth-order valence-corrected chi connectivity index (χ4v) is 4.20. The number of halogens is 1. The lowest BCUT2D eigenvalue weighted by Crippen LogP contribution is -2.34. The highest BCUT2D eigenvalue weighted by atomic mass is 79.9. The maximum absolute atomic E-state index is 12.5. The molecule has 1 aliphatic heterocycles. The van der Waals surface area contributed by atoms with Crippen molar-refractivity contribution >= 4 is 44.9 Å². The van der Waals surface area contributed by atoms with E-state index >= 15 is 0 Å². The second-order valence-electron chi connectivity index (χ2n) is 6.28. The van der Waals surface area contributed by atoms with Crippen LogP contribution in [0.1, 0.15) is 30.8 Å². The fraction of sp³-hybridized carbons (Fsp3) is 0.263. The lowest BCUT2D eigenvalue weighted by atomic mass is 10.2. The Labute approximate surface area is 160 Å². The lowest BCUT2D eigenvalue weighted by Gasteiger charge is -2.16. The summed E-state index contributed by atoms with van der Waals surface area (Å²) in [7, 11) is 0. The number of hydrogen-bond donors (Lipinski definition) is 0. The molecule has 3 rings (SSSR count). The highest BCUT2D eigenvalue weighted by Gasteiger charge is 2.36. The quantitative estimate of drug-likeness (QED) is 0.634. The van der Waals surface area contributed by atoms with Crippen LogP contribution in [0.4, 0.5) is 4.79 Å². The van der Waals surface area contributed by atoms with Gasteiger partial charge in [0.15, 0.2) is 0 Å². The van der Waals surface area contributed by atoms with Gasteiger partial charge in [0.1, 0.15) is 0 Å². The van der Waals surface area contributed by atoms with Gasteiger partial charge in [-0.25, -0.2) is 0 Å². The Morgan fingerprint density at radius 2 is 1.76 bits per heavy atom. The van der Waals surface area contributed by atoms with Gasteiger partial charge in [-0.05, 0) is 81.4 Å². The summed E-state index contributed by atoms with van der Waals surface area (Å²) in [5.41, 5.74) is 4.13. The van der Waals surface area contributed by atoms with Crippen LogP contribution < -0.4 is 0 Å². The molecule has 2 amide bonds. The minimum atomic E-state index is -0.210. The zero-order chi connectivity index (χ0) is 18.3. The third kappa shape index (κ3) is 3.33. The molecule has 25 heavy (non-hydrogen) atoms. The maximum Gasteiger partial charge on any atom is 0.293 e. The molecule has 0 bridgehead atoms. The number of carbonyl (C=O) groups is 2. The number of carbonyl (C=O) groups excluding carboxylic acids is 2. The molecule has 2 heterocycles. The first kappa shape index (κ1) is 18.0. The molecule has 4 nitrogen and oxygen atoms in total. The number of rotatable bonds is 3. The number of hydrogen-bond acceptors (Lipinski definition) is 3. The first-order chi connectivity index (χ1) is 11.8. The van der Waals surface area contributed by atoms with Gasteiger partial charge >= 0.3 is 0 Å². The van der Waals surface area contributed by atoms with Gasteiger partial charge in [0.05, 0.1) is 4.91 Å². The Morgan fingerprint density at radius 1 is 1.12 bits per heavy atom. The Hall–Kier alpha value is -1.79. The van der Waals surface area contributed by atoms with Crippen molar-refractivity contribution in [2.75, 3.05) is 0 Å². The second-order valence-corrected chi connectivity index (χ2v) is 8.19. The number of nitrogens with zero attached hydrogens (tertiary/aromatic N) is 2. The minimum absolute atomic E-state index is 0.131. The van der Waals surface area contributed by atoms with Gasteiger partial charge in [0.25, 0.3) is 11.1 Å². The van der Waals surface area contributed by atoms with Crippen molar-refractivity contribution in [1.29, 1.82) is 0 Å². The predicted molar refractivity (Wildman–Crippen MR) is 106 cm³/mol. The fourth-order valence-electron chi connectivity index (χ4n) is 2.99. The van der Waals surface area contributed by atoms with Gasteiger partial charge in [-0.15, -0.1) is 0 Å². The topological polar surface area (TPSA) is 42.3 Å². The number of benzene rings is 1. The summed E-state index contributed by atoms with van der Waals surface area (Å²) >= 11 is 4.46. The van der Waals surface area contributed by atoms with Crippen molar-refractivity contribution in [2.45, 2.75) is 33.7 Å². The molecule has 130 valence electrons. The number of thioether (sulfide) groups is 1. The molecule has 2 aromatic rings. The average Bonchev–Trinajstić information content (AvgIpc) is 2.97. The largest absolute Gasteiger partial charge is 0.318 e. The van der Waals surface area contributed by atoms with E-state index in [-0.39, 0.29) is 17.2 Å². The molecule has 0 radical (unpaired) electrons. The van der Waals surface area contributed by atoms with E-state index in [1.807, 2.05) is 64.1 Å². The first-order valence-electron chi connectivity index (χ1n) is 8.01. The van der Waals surface area contributed by atoms with E-state index in [1.54, 1.807) is 0 Å². The molecule has 1 aromatic carbocycles. The van der Waals surface area contributed by atoms with Crippen molar-refractivity contribution in [1.82, 2.24) is 9.47 Å². The first-order valence-corrected chi connectivity index (χ1v) is 9.62. The molecular weight excluding hydrogens is 400 g/mol. The zero-order valence-corrected chi connectivity index (χ0v) is 16.9. The Balaban J connectivity index is 2.00. The lowest BCUT2D eigenvalue weighted by molar-refractivity contribution is -0.123. The summed E-state index contributed by atoms with van der Waals surface area (Å²) in [5, 5.41) is -0.201. The van der Waals surface area contributed by atoms with E-state index in [4.69, 9.17) is 0 Å². The third-order valence-corrected chi connectivity index (χ3v) is 5.59. The third-order valence-electron chi connectivity index (χ3n) is 4.18. The highest BCUT2D eigenvalue weighted by molar-refractivity contribution is 9.10. The molecule has 1 fully saturated rings. The highest BCUT2D eigenvalue weighted by Crippen LogP contribution is 2.34. The summed E-state index contributed by atoms with van der Waals surface area (Å²) in [5.74, 6) is -0.210. The van der Waals surface area contributed by atoms with Crippen molar-refractivity contribution in [3.63, 3.8) is 0 Å². The van der Waals surface area contributed by atoms with Gasteiger partial charge in [0, 0.05) is 27.6 Å². The molecular formula is C19H19BrN2O2S. The molecule has 0 aliphatic carbocycles. The number of imide groups is 1. The molecule has 0 saturated carbocycles. The van der Waals surface area contributed by atoms with Crippen molar-refractivity contribution < 1.29 is 9.59 Å². The Kier molecular flexibility index (Phi) is 4.93. The summed E-state index contributed by atoms with van der Waals surface area (Å²) < 4.78 is 3.17. The maximum atomic E-state index is 12.5. The average molecular weight is 419 g/mol. The van der Waals surface area contributed by atoms with Crippen LogP contribution in [-0.4, -0.2) is 26.7 Å². The van der Waals surface area contributed by atoms with Crippen LogP contribution in [0, 0.1) is 13.8 Å². The SMILES string of the molecule is Cc1cc(/C=C2\SC(=O)N(C(C)C)C2=O)c(C)n1-c1ccc(Br)cc1. The molecule has 1 aromatic heterocycles. The van der Waals surface area contributed by atoms with E-state index in [0.717, 1.165) is 38.9 Å². The van der Waals surface area contributed by atoms with Gasteiger partial charge in [-0.1, -0.05) is 15.9 Å². The number of aryl methyl sites for hydroxylation is 1. The molecule has 0 atom stereocenters. The summed E-state index contributed by atoms with van der Waals surface area (Å²) in [6, 6.07) is 10.00. The van der Waals surface area contributed by atoms with Crippen molar-refractivity contribution in [3.05, 3.63) is 56.7 Å². The van der Waals surface area contributed by atoms with Crippen LogP contribution in [0.3, 0.4) is 0 Å². The Bertz CT molecular complexity index is 882. The minimum Gasteiger partial charge on any atom is -0.318 e. The van der Waals surface area contributed by atoms with E-state index in [2.05, 4.69) is 20.5 Å². The van der Waals surface area contributed by atoms with Gasteiger partial charge in [0.2, 0.25) is 0 Å². The molecule has 0 N–H and O–H groups in total. The zero-order valence-electron chi connectivity index (χ0n) is 14.5. The van der Waals surface area contributed by atoms with Crippen LogP contribution in [-0.2, 0) is 4.79 Å². The van der Waals surface area contributed by atoms with Crippen LogP contribution in [0.2, 0.25) is 0 Å². The monoisotopic (exact) mass is 418 g/mol. The van der Waals surface area contributed by atoms with Gasteiger partial charge in [-0.2, -0.15) is 0 Å². The van der Waals surface area contributed by atoms with Crippen LogP contribution in [0.15, 0.2) is 39.7 Å². The standard InChI is InChI=1S/C19H19BrN2O2S/c1-11(2)21-18(23)17(25-19(21)24)10-14-9-12(3)22(13(14)4)16-7-5-15(20)6-8-16/h5-11H,1-4H3/b17-10-. The second kappa shape index (κ2) is 6.84. The molecule has 6 heteroatoms. The van der Waals surface area contributed by atoms with E-state index in [0.29, 0.717) is 4.91 Å². The molecule has 1 saturated heterocycles. The summed E-state index contributed by atoms with van der Waals surface area (Å²) in [4.78, 5) is 26.3. The molecule has 0 unspecified atom stereocenters. The Morgan fingerprint density at radius 3 is 2.32 bits per heavy atom. The summed E-state index contributed by atoms with van der Waals surface area (Å²) in [6.07, 6.45) is 1.82. The van der Waals surface area contributed by atoms with Crippen LogP contribution in [0.5, 0.6) is 0 Å². The van der Waals surface area contributed by atoms with Crippen molar-refractivity contribution in [2.24, 2.45) is 0 Å². The van der Waals surface area contributed by atoms with Gasteiger partial charge in [-0.3, -0.25) is 14.5 Å².